The van der Waals surface area contributed by atoms with Crippen LogP contribution in [0, 0.1) is 0 Å². The molecule has 0 spiro atoms. The van der Waals surface area contributed by atoms with Gasteiger partial charge in [-0.25, -0.2) is 13.4 Å². The van der Waals surface area contributed by atoms with E-state index in [1.54, 1.807) is 23.5 Å². The van der Waals surface area contributed by atoms with Crippen LogP contribution in [-0.4, -0.2) is 62.4 Å². The highest BCUT2D eigenvalue weighted by Crippen LogP contribution is 2.24. The lowest BCUT2D eigenvalue weighted by atomic mass is 10.3. The highest BCUT2D eigenvalue weighted by Gasteiger charge is 2.33. The minimum absolute atomic E-state index is 0.0563. The van der Waals surface area contributed by atoms with Crippen molar-refractivity contribution in [3.8, 4) is 0 Å². The van der Waals surface area contributed by atoms with Crippen LogP contribution in [0.2, 0.25) is 0 Å². The second-order valence-corrected chi connectivity index (χ2v) is 6.99. The molecule has 0 saturated carbocycles. The average molecular weight is 298 g/mol. The maximum atomic E-state index is 12.8. The van der Waals surface area contributed by atoms with Crippen LogP contribution in [0.4, 0.5) is 5.69 Å². The molecule has 1 aromatic rings. The number of nitrogens with zero attached hydrogens (tertiary/aromatic N) is 3. The quantitative estimate of drug-likeness (QED) is 0.896. The number of hydrogen-bond acceptors (Lipinski definition) is 5. The lowest BCUT2D eigenvalue weighted by Gasteiger charge is -2.27. The van der Waals surface area contributed by atoms with Gasteiger partial charge in [0.15, 0.2) is 5.03 Å². The molecule has 1 unspecified atom stereocenters. The maximum Gasteiger partial charge on any atom is 0.262 e. The summed E-state index contributed by atoms with van der Waals surface area (Å²) in [5.41, 5.74) is 0.539. The van der Waals surface area contributed by atoms with Crippen LogP contribution in [0.5, 0.6) is 0 Å². The summed E-state index contributed by atoms with van der Waals surface area (Å²) in [6.45, 7) is 4.13. The van der Waals surface area contributed by atoms with E-state index in [0.717, 1.165) is 19.5 Å². The second-order valence-electron chi connectivity index (χ2n) is 5.19. The zero-order valence-corrected chi connectivity index (χ0v) is 13.0. The van der Waals surface area contributed by atoms with E-state index in [-0.39, 0.29) is 11.1 Å². The number of anilines is 1. The standard InChI is InChI=1S/C13H22N4O2S/c1-11-10-16(3)8-5-9-17(11)20(18,19)13-12(14-2)6-4-7-15-13/h4,6-7,11,14H,5,8-10H2,1-3H3. The molecule has 1 fully saturated rings. The number of hydrogen-bond donors (Lipinski definition) is 1. The van der Waals surface area contributed by atoms with Gasteiger partial charge in [-0.05, 0) is 39.1 Å². The van der Waals surface area contributed by atoms with Crippen molar-refractivity contribution in [2.45, 2.75) is 24.4 Å². The zero-order valence-electron chi connectivity index (χ0n) is 12.2. The smallest absolute Gasteiger partial charge is 0.262 e. The van der Waals surface area contributed by atoms with E-state index >= 15 is 0 Å². The number of aromatic nitrogens is 1. The summed E-state index contributed by atoms with van der Waals surface area (Å²) in [5, 5.41) is 3.01. The fourth-order valence-electron chi connectivity index (χ4n) is 2.61. The lowest BCUT2D eigenvalue weighted by Crippen LogP contribution is -2.42. The Morgan fingerprint density at radius 1 is 1.40 bits per heavy atom. The van der Waals surface area contributed by atoms with E-state index in [2.05, 4.69) is 15.2 Å². The SMILES string of the molecule is CNc1cccnc1S(=O)(=O)N1CCCN(C)CC1C. The van der Waals surface area contributed by atoms with E-state index < -0.39 is 10.0 Å². The van der Waals surface area contributed by atoms with Crippen LogP contribution < -0.4 is 5.32 Å². The monoisotopic (exact) mass is 298 g/mol. The Labute approximate surface area is 120 Å². The number of nitrogens with one attached hydrogen (secondary N) is 1. The molecule has 1 N–H and O–H groups in total. The molecule has 2 heterocycles. The van der Waals surface area contributed by atoms with Gasteiger partial charge in [-0.1, -0.05) is 0 Å². The third kappa shape index (κ3) is 2.94. The molecule has 1 aliphatic rings. The summed E-state index contributed by atoms with van der Waals surface area (Å²) >= 11 is 0. The first-order valence-corrected chi connectivity index (χ1v) is 8.24. The van der Waals surface area contributed by atoms with E-state index in [0.29, 0.717) is 12.2 Å². The topological polar surface area (TPSA) is 65.5 Å². The fraction of sp³-hybridized carbons (Fsp3) is 0.615. The molecule has 2 rings (SSSR count). The van der Waals surface area contributed by atoms with Crippen molar-refractivity contribution < 1.29 is 8.42 Å². The van der Waals surface area contributed by atoms with Gasteiger partial charge >= 0.3 is 0 Å². The Balaban J connectivity index is 2.38. The van der Waals surface area contributed by atoms with Crippen LogP contribution in [0.25, 0.3) is 0 Å². The van der Waals surface area contributed by atoms with Crippen molar-refractivity contribution in [1.29, 1.82) is 0 Å². The van der Waals surface area contributed by atoms with Gasteiger partial charge in [0.1, 0.15) is 0 Å². The summed E-state index contributed by atoms with van der Waals surface area (Å²) < 4.78 is 27.3. The van der Waals surface area contributed by atoms with Gasteiger partial charge in [0.25, 0.3) is 10.0 Å². The molecule has 6 nitrogen and oxygen atoms in total. The molecular weight excluding hydrogens is 276 g/mol. The van der Waals surface area contributed by atoms with Crippen molar-refractivity contribution in [3.63, 3.8) is 0 Å². The Kier molecular flexibility index (Phi) is 4.62. The minimum Gasteiger partial charge on any atom is -0.386 e. The number of likely N-dealkylation sites (N-methyl/N-ethyl adjacent to an activating group) is 1. The molecule has 112 valence electrons. The Hall–Kier alpha value is -1.18. The molecule has 1 saturated heterocycles. The first-order chi connectivity index (χ1) is 9.46. The van der Waals surface area contributed by atoms with Crippen molar-refractivity contribution in [2.75, 3.05) is 39.0 Å². The Morgan fingerprint density at radius 2 is 2.15 bits per heavy atom. The summed E-state index contributed by atoms with van der Waals surface area (Å²) in [6.07, 6.45) is 2.35. The molecular formula is C13H22N4O2S. The van der Waals surface area contributed by atoms with Gasteiger partial charge in [-0.15, -0.1) is 0 Å². The molecule has 7 heteroatoms. The third-order valence-electron chi connectivity index (χ3n) is 3.58. The van der Waals surface area contributed by atoms with Gasteiger partial charge < -0.3 is 10.2 Å². The number of sulfonamides is 1. The van der Waals surface area contributed by atoms with Gasteiger partial charge in [-0.2, -0.15) is 4.31 Å². The molecule has 1 atom stereocenters. The van der Waals surface area contributed by atoms with Gasteiger partial charge in [0, 0.05) is 32.4 Å². The average Bonchev–Trinajstić information content (AvgIpc) is 2.59. The molecule has 0 amide bonds. The van der Waals surface area contributed by atoms with Gasteiger partial charge in [0.2, 0.25) is 0 Å². The summed E-state index contributed by atoms with van der Waals surface area (Å²) in [4.78, 5) is 6.24. The minimum atomic E-state index is -3.57. The highest BCUT2D eigenvalue weighted by molar-refractivity contribution is 7.89. The highest BCUT2D eigenvalue weighted by atomic mass is 32.2. The number of rotatable bonds is 3. The van der Waals surface area contributed by atoms with Crippen LogP contribution >= 0.6 is 0 Å². The van der Waals surface area contributed by atoms with Crippen molar-refractivity contribution >= 4 is 15.7 Å². The predicted octanol–water partition coefficient (Wildman–Crippen LogP) is 0.838. The molecule has 0 aliphatic carbocycles. The van der Waals surface area contributed by atoms with Crippen LogP contribution in [-0.2, 0) is 10.0 Å². The van der Waals surface area contributed by atoms with E-state index in [4.69, 9.17) is 0 Å². The second kappa shape index (κ2) is 6.07. The van der Waals surface area contributed by atoms with Crippen molar-refractivity contribution in [1.82, 2.24) is 14.2 Å². The predicted molar refractivity (Wildman–Crippen MR) is 79.3 cm³/mol. The zero-order chi connectivity index (χ0) is 14.8. The molecule has 0 aromatic carbocycles. The summed E-state index contributed by atoms with van der Waals surface area (Å²) in [5.74, 6) is 0. The van der Waals surface area contributed by atoms with Crippen LogP contribution in [0.15, 0.2) is 23.4 Å². The van der Waals surface area contributed by atoms with Crippen LogP contribution in [0.3, 0.4) is 0 Å². The summed E-state index contributed by atoms with van der Waals surface area (Å²) in [7, 11) is 0.157. The normalized spacial score (nSPS) is 22.4. The van der Waals surface area contributed by atoms with E-state index in [1.807, 2.05) is 14.0 Å². The largest absolute Gasteiger partial charge is 0.386 e. The first-order valence-electron chi connectivity index (χ1n) is 6.80. The van der Waals surface area contributed by atoms with E-state index in [9.17, 15) is 8.42 Å². The molecule has 1 aliphatic heterocycles. The molecule has 0 radical (unpaired) electrons. The Morgan fingerprint density at radius 3 is 2.85 bits per heavy atom. The molecule has 0 bridgehead atoms. The fourth-order valence-corrected chi connectivity index (χ4v) is 4.38. The first kappa shape index (κ1) is 15.2. The van der Waals surface area contributed by atoms with E-state index in [1.165, 1.54) is 6.20 Å². The molecule has 1 aromatic heterocycles. The van der Waals surface area contributed by atoms with Gasteiger partial charge in [-0.3, -0.25) is 0 Å². The van der Waals surface area contributed by atoms with Crippen LogP contribution in [0.1, 0.15) is 13.3 Å². The maximum absolute atomic E-state index is 12.8. The third-order valence-corrected chi connectivity index (χ3v) is 5.55. The van der Waals surface area contributed by atoms with Gasteiger partial charge in [0.05, 0.1) is 5.69 Å². The lowest BCUT2D eigenvalue weighted by molar-refractivity contribution is 0.290. The Bertz CT molecular complexity index is 561. The molecule has 20 heavy (non-hydrogen) atoms. The van der Waals surface area contributed by atoms with Crippen molar-refractivity contribution in [2.24, 2.45) is 0 Å². The van der Waals surface area contributed by atoms with Crippen molar-refractivity contribution in [3.05, 3.63) is 18.3 Å². The summed E-state index contributed by atoms with van der Waals surface area (Å²) in [6, 6.07) is 3.40. The number of pyridine rings is 1.